The molecule has 3 aliphatic rings. The number of likely N-dealkylation sites (N-methyl/N-ethyl adjacent to an activating group) is 1. The molecule has 1 aromatic rings. The Labute approximate surface area is 128 Å². The molecule has 0 aliphatic carbocycles. The van der Waals surface area contributed by atoms with Gasteiger partial charge in [0, 0.05) is 49.3 Å². The summed E-state index contributed by atoms with van der Waals surface area (Å²) in [5.74, 6) is -0.187. The molecule has 2 bridgehead atoms. The number of rotatable bonds is 4. The molecule has 20 heavy (non-hydrogen) atoms. The molecule has 0 saturated carbocycles. The molecule has 5 heteroatoms. The van der Waals surface area contributed by atoms with E-state index in [0.29, 0.717) is 12.1 Å². The Kier molecular flexibility index (Phi) is 4.40. The fourth-order valence-corrected chi connectivity index (χ4v) is 3.91. The molecule has 0 amide bonds. The third-order valence-electron chi connectivity index (χ3n) is 4.61. The van der Waals surface area contributed by atoms with E-state index < -0.39 is 0 Å². The summed E-state index contributed by atoms with van der Waals surface area (Å²) >= 11 is 3.48. The van der Waals surface area contributed by atoms with Crippen LogP contribution in [0.15, 0.2) is 22.7 Å². The summed E-state index contributed by atoms with van der Waals surface area (Å²) in [7, 11) is 2.03. The van der Waals surface area contributed by atoms with Crippen molar-refractivity contribution in [1.82, 2.24) is 15.1 Å². The predicted molar refractivity (Wildman–Crippen MR) is 82.5 cm³/mol. The van der Waals surface area contributed by atoms with Crippen LogP contribution in [0.4, 0.5) is 4.39 Å². The van der Waals surface area contributed by atoms with Crippen LogP contribution in [0.3, 0.4) is 0 Å². The van der Waals surface area contributed by atoms with Gasteiger partial charge in [0.05, 0.1) is 0 Å². The van der Waals surface area contributed by atoms with Crippen molar-refractivity contribution >= 4 is 15.9 Å². The molecule has 0 aromatic heterocycles. The topological polar surface area (TPSA) is 18.5 Å². The number of nitrogens with zero attached hydrogens (tertiary/aromatic N) is 2. The maximum atomic E-state index is 13.2. The molecule has 1 aromatic carbocycles. The van der Waals surface area contributed by atoms with E-state index in [9.17, 15) is 4.39 Å². The van der Waals surface area contributed by atoms with Gasteiger partial charge in [-0.05, 0) is 31.2 Å². The summed E-state index contributed by atoms with van der Waals surface area (Å²) in [5.41, 5.74) is 1.17. The van der Waals surface area contributed by atoms with E-state index >= 15 is 0 Å². The lowest BCUT2D eigenvalue weighted by atomic mass is 9.94. The molecule has 3 saturated heterocycles. The average molecular weight is 342 g/mol. The highest BCUT2D eigenvalue weighted by molar-refractivity contribution is 9.10. The normalized spacial score (nSPS) is 30.4. The van der Waals surface area contributed by atoms with Crippen molar-refractivity contribution in [2.45, 2.75) is 18.5 Å². The van der Waals surface area contributed by atoms with Crippen molar-refractivity contribution in [2.24, 2.45) is 0 Å². The third kappa shape index (κ3) is 2.91. The number of hydrogen-bond donors (Lipinski definition) is 1. The smallest absolute Gasteiger partial charge is 0.124 e. The van der Waals surface area contributed by atoms with Gasteiger partial charge in [-0.1, -0.05) is 22.0 Å². The van der Waals surface area contributed by atoms with Gasteiger partial charge in [0.2, 0.25) is 0 Å². The Bertz CT molecular complexity index is 474. The standard InChI is InChI=1S/C15H21BrFN3/c1-18-14(8-11-2-3-12(17)9-13(11)16)15-10-19-4-6-20(15)7-5-19/h2-3,9,14-15,18H,4-8,10H2,1H3. The zero-order chi connectivity index (χ0) is 14.1. The zero-order valence-electron chi connectivity index (χ0n) is 11.8. The molecular weight excluding hydrogens is 321 g/mol. The van der Waals surface area contributed by atoms with Crippen molar-refractivity contribution in [3.05, 3.63) is 34.1 Å². The van der Waals surface area contributed by atoms with Crippen LogP contribution in [0.1, 0.15) is 5.56 Å². The Morgan fingerprint density at radius 1 is 1.35 bits per heavy atom. The largest absolute Gasteiger partial charge is 0.315 e. The van der Waals surface area contributed by atoms with Crippen LogP contribution < -0.4 is 5.32 Å². The first-order valence-electron chi connectivity index (χ1n) is 7.25. The molecule has 1 N–H and O–H groups in total. The van der Waals surface area contributed by atoms with E-state index in [1.54, 1.807) is 12.1 Å². The summed E-state index contributed by atoms with van der Waals surface area (Å²) in [6, 6.07) is 5.95. The second-order valence-electron chi connectivity index (χ2n) is 5.74. The highest BCUT2D eigenvalue weighted by Crippen LogP contribution is 2.24. The van der Waals surface area contributed by atoms with E-state index in [1.807, 2.05) is 13.1 Å². The summed E-state index contributed by atoms with van der Waals surface area (Å²) in [4.78, 5) is 5.15. The second-order valence-corrected chi connectivity index (χ2v) is 6.59. The minimum Gasteiger partial charge on any atom is -0.315 e. The minimum absolute atomic E-state index is 0.187. The first kappa shape index (κ1) is 14.4. The highest BCUT2D eigenvalue weighted by Gasteiger charge is 2.36. The molecule has 3 heterocycles. The number of piperazine rings is 3. The summed E-state index contributed by atoms with van der Waals surface area (Å²) < 4.78 is 14.1. The van der Waals surface area contributed by atoms with Gasteiger partial charge >= 0.3 is 0 Å². The van der Waals surface area contributed by atoms with E-state index in [0.717, 1.165) is 17.4 Å². The highest BCUT2D eigenvalue weighted by atomic mass is 79.9. The lowest BCUT2D eigenvalue weighted by Crippen LogP contribution is -2.66. The quantitative estimate of drug-likeness (QED) is 0.899. The fourth-order valence-electron chi connectivity index (χ4n) is 3.39. The number of hydrogen-bond acceptors (Lipinski definition) is 3. The van der Waals surface area contributed by atoms with Gasteiger partial charge in [-0.15, -0.1) is 0 Å². The van der Waals surface area contributed by atoms with Crippen LogP contribution in [0.5, 0.6) is 0 Å². The summed E-state index contributed by atoms with van der Waals surface area (Å²) in [5, 5.41) is 3.46. The Morgan fingerprint density at radius 2 is 2.10 bits per heavy atom. The monoisotopic (exact) mass is 341 g/mol. The minimum atomic E-state index is -0.187. The van der Waals surface area contributed by atoms with Gasteiger partial charge in [-0.25, -0.2) is 4.39 Å². The maximum absolute atomic E-state index is 13.2. The van der Waals surface area contributed by atoms with Crippen LogP contribution in [0.25, 0.3) is 0 Å². The number of halogens is 2. The fraction of sp³-hybridized carbons (Fsp3) is 0.600. The van der Waals surface area contributed by atoms with Crippen LogP contribution in [-0.2, 0) is 6.42 Å². The first-order valence-corrected chi connectivity index (χ1v) is 8.04. The van der Waals surface area contributed by atoms with Crippen molar-refractivity contribution in [1.29, 1.82) is 0 Å². The summed E-state index contributed by atoms with van der Waals surface area (Å²) in [6.45, 7) is 5.89. The zero-order valence-corrected chi connectivity index (χ0v) is 13.4. The van der Waals surface area contributed by atoms with E-state index in [2.05, 4.69) is 31.0 Å². The SMILES string of the molecule is CNC(Cc1ccc(F)cc1Br)C1CN2CCN1CC2. The average Bonchev–Trinajstić information content (AvgIpc) is 2.48. The van der Waals surface area contributed by atoms with E-state index in [4.69, 9.17) is 0 Å². The van der Waals surface area contributed by atoms with Gasteiger partial charge in [0.15, 0.2) is 0 Å². The van der Waals surface area contributed by atoms with Crippen LogP contribution in [-0.4, -0.2) is 61.7 Å². The van der Waals surface area contributed by atoms with Crippen molar-refractivity contribution in [3.8, 4) is 0 Å². The van der Waals surface area contributed by atoms with Gasteiger partial charge in [-0.3, -0.25) is 9.80 Å². The van der Waals surface area contributed by atoms with Crippen LogP contribution >= 0.6 is 15.9 Å². The Morgan fingerprint density at radius 3 is 2.65 bits per heavy atom. The Balaban J connectivity index is 1.73. The predicted octanol–water partition coefficient (Wildman–Crippen LogP) is 1.72. The lowest BCUT2D eigenvalue weighted by Gasteiger charge is -2.50. The van der Waals surface area contributed by atoms with E-state index in [1.165, 1.54) is 31.7 Å². The Hall–Kier alpha value is -0.490. The number of fused-ring (bicyclic) bond motifs is 3. The van der Waals surface area contributed by atoms with Crippen molar-refractivity contribution in [3.63, 3.8) is 0 Å². The molecule has 4 rings (SSSR count). The lowest BCUT2D eigenvalue weighted by molar-refractivity contribution is -0.00204. The molecule has 0 spiro atoms. The molecule has 3 fully saturated rings. The number of benzene rings is 1. The van der Waals surface area contributed by atoms with Crippen LogP contribution in [0.2, 0.25) is 0 Å². The molecule has 2 unspecified atom stereocenters. The second kappa shape index (κ2) is 6.10. The van der Waals surface area contributed by atoms with Crippen molar-refractivity contribution < 1.29 is 4.39 Å². The maximum Gasteiger partial charge on any atom is 0.124 e. The van der Waals surface area contributed by atoms with E-state index in [-0.39, 0.29) is 5.82 Å². The van der Waals surface area contributed by atoms with Crippen molar-refractivity contribution in [2.75, 3.05) is 39.8 Å². The number of nitrogens with one attached hydrogen (secondary N) is 1. The van der Waals surface area contributed by atoms with Gasteiger partial charge in [0.1, 0.15) is 5.82 Å². The molecule has 0 radical (unpaired) electrons. The van der Waals surface area contributed by atoms with Gasteiger partial charge < -0.3 is 5.32 Å². The van der Waals surface area contributed by atoms with Crippen LogP contribution in [0, 0.1) is 5.82 Å². The summed E-state index contributed by atoms with van der Waals surface area (Å²) in [6.07, 6.45) is 0.923. The molecule has 3 aliphatic heterocycles. The van der Waals surface area contributed by atoms with Gasteiger partial charge in [-0.2, -0.15) is 0 Å². The third-order valence-corrected chi connectivity index (χ3v) is 5.35. The molecule has 3 nitrogen and oxygen atoms in total. The molecule has 110 valence electrons. The first-order chi connectivity index (χ1) is 9.67. The molecule has 2 atom stereocenters. The molecular formula is C15H21BrFN3. The van der Waals surface area contributed by atoms with Gasteiger partial charge in [0.25, 0.3) is 0 Å².